The minimum absolute atomic E-state index is 0.0120. The molecule has 0 saturated carbocycles. The number of rotatable bonds is 5. The van der Waals surface area contributed by atoms with Crippen molar-refractivity contribution in [3.05, 3.63) is 28.8 Å². The van der Waals surface area contributed by atoms with Gasteiger partial charge in [-0.3, -0.25) is 4.79 Å². The van der Waals surface area contributed by atoms with E-state index in [9.17, 15) is 9.90 Å². The van der Waals surface area contributed by atoms with Gasteiger partial charge in [0.1, 0.15) is 0 Å². The van der Waals surface area contributed by atoms with Gasteiger partial charge in [0.05, 0.1) is 35.8 Å². The van der Waals surface area contributed by atoms with E-state index in [2.05, 4.69) is 12.2 Å². The summed E-state index contributed by atoms with van der Waals surface area (Å²) in [5.41, 5.74) is 1.20. The number of nitrogens with zero attached hydrogens (tertiary/aromatic N) is 1. The van der Waals surface area contributed by atoms with Gasteiger partial charge in [-0.25, -0.2) is 0 Å². The number of nitrogens with one attached hydrogen (secondary N) is 1. The number of piperidine rings is 1. The fraction of sp³-hybridized carbons (Fsp3) is 0.611. The molecule has 2 N–H and O–H groups in total. The number of hydrogen-bond donors (Lipinski definition) is 2. The average Bonchev–Trinajstić information content (AvgIpc) is 2.54. The third-order valence-electron chi connectivity index (χ3n) is 5.08. The van der Waals surface area contributed by atoms with E-state index in [1.165, 1.54) is 6.42 Å². The zero-order chi connectivity index (χ0) is 17.2. The lowest BCUT2D eigenvalue weighted by molar-refractivity contribution is -0.128. The van der Waals surface area contributed by atoms with Crippen molar-refractivity contribution in [3.8, 4) is 0 Å². The lowest BCUT2D eigenvalue weighted by Crippen LogP contribution is -2.50. The maximum absolute atomic E-state index is 12.7. The van der Waals surface area contributed by atoms with Crippen molar-refractivity contribution >= 4 is 23.2 Å². The molecule has 1 atom stereocenters. The summed E-state index contributed by atoms with van der Waals surface area (Å²) < 4.78 is 5.19. The Morgan fingerprint density at radius 2 is 2.25 bits per heavy atom. The summed E-state index contributed by atoms with van der Waals surface area (Å²) in [7, 11) is 0. The summed E-state index contributed by atoms with van der Waals surface area (Å²) in [6, 6.07) is 5.71. The maximum atomic E-state index is 12.7. The molecule has 0 radical (unpaired) electrons. The second-order valence-electron chi connectivity index (χ2n) is 7.04. The summed E-state index contributed by atoms with van der Waals surface area (Å²) in [6.07, 6.45) is 3.28. The third kappa shape index (κ3) is 3.53. The monoisotopic (exact) mass is 352 g/mol. The van der Waals surface area contributed by atoms with E-state index in [0.29, 0.717) is 30.3 Å². The Morgan fingerprint density at radius 3 is 2.83 bits per heavy atom. The van der Waals surface area contributed by atoms with E-state index >= 15 is 0 Å². The quantitative estimate of drug-likeness (QED) is 0.855. The van der Waals surface area contributed by atoms with E-state index in [1.54, 1.807) is 12.1 Å². The Balaban J connectivity index is 1.67. The number of carbonyl (C=O) groups excluding carboxylic acids is 1. The molecule has 1 amide bonds. The molecule has 0 aliphatic carbocycles. The standard InChI is InChI=1S/C18H25ClN2O3/c1-13-4-2-3-7-21(13)17(23)15-6-5-14(8-16(15)19)20-9-18(10-22)11-24-12-18/h5-6,8,13,20,22H,2-4,7,9-12H2,1H3. The molecular weight excluding hydrogens is 328 g/mol. The molecule has 2 aliphatic rings. The highest BCUT2D eigenvalue weighted by Gasteiger charge is 2.37. The summed E-state index contributed by atoms with van der Waals surface area (Å²) in [5.74, 6) is 0.0120. The zero-order valence-electron chi connectivity index (χ0n) is 14.1. The molecule has 1 aromatic rings. The number of ether oxygens (including phenoxy) is 1. The van der Waals surface area contributed by atoms with E-state index in [1.807, 2.05) is 11.0 Å². The number of benzene rings is 1. The first kappa shape index (κ1) is 17.5. The van der Waals surface area contributed by atoms with Gasteiger partial charge in [0.25, 0.3) is 5.91 Å². The van der Waals surface area contributed by atoms with Gasteiger partial charge in [-0.15, -0.1) is 0 Å². The van der Waals surface area contributed by atoms with Crippen LogP contribution in [0.3, 0.4) is 0 Å². The molecular formula is C18H25ClN2O3. The van der Waals surface area contributed by atoms with Crippen molar-refractivity contribution in [2.75, 3.05) is 38.2 Å². The maximum Gasteiger partial charge on any atom is 0.255 e. The van der Waals surface area contributed by atoms with Gasteiger partial charge >= 0.3 is 0 Å². The van der Waals surface area contributed by atoms with Gasteiger partial charge in [-0.2, -0.15) is 0 Å². The van der Waals surface area contributed by atoms with Gasteiger partial charge in [0.15, 0.2) is 0 Å². The molecule has 1 aromatic carbocycles. The number of amides is 1. The molecule has 0 aromatic heterocycles. The Hall–Kier alpha value is -1.30. The SMILES string of the molecule is CC1CCCCN1C(=O)c1ccc(NCC2(CO)COC2)cc1Cl. The lowest BCUT2D eigenvalue weighted by Gasteiger charge is -2.40. The zero-order valence-corrected chi connectivity index (χ0v) is 14.8. The molecule has 2 aliphatic heterocycles. The Bertz CT molecular complexity index is 598. The van der Waals surface area contributed by atoms with Gasteiger partial charge in [0.2, 0.25) is 0 Å². The molecule has 2 saturated heterocycles. The first-order chi connectivity index (χ1) is 11.5. The third-order valence-corrected chi connectivity index (χ3v) is 5.40. The van der Waals surface area contributed by atoms with E-state index in [-0.39, 0.29) is 24.0 Å². The molecule has 2 heterocycles. The highest BCUT2D eigenvalue weighted by Crippen LogP contribution is 2.29. The van der Waals surface area contributed by atoms with Crippen LogP contribution in [0.15, 0.2) is 18.2 Å². The van der Waals surface area contributed by atoms with Crippen LogP contribution in [0.25, 0.3) is 0 Å². The molecule has 132 valence electrons. The van der Waals surface area contributed by atoms with Gasteiger partial charge in [0, 0.05) is 24.8 Å². The number of hydrogen-bond acceptors (Lipinski definition) is 4. The Morgan fingerprint density at radius 1 is 1.46 bits per heavy atom. The normalized spacial score (nSPS) is 22.8. The topological polar surface area (TPSA) is 61.8 Å². The predicted octanol–water partition coefficient (Wildman–Crippen LogP) is 2.78. The summed E-state index contributed by atoms with van der Waals surface area (Å²) in [5, 5.41) is 13.2. The van der Waals surface area contributed by atoms with Crippen LogP contribution < -0.4 is 5.32 Å². The van der Waals surface area contributed by atoms with Crippen molar-refractivity contribution in [1.82, 2.24) is 4.90 Å². The molecule has 3 rings (SSSR count). The smallest absolute Gasteiger partial charge is 0.255 e. The number of anilines is 1. The Labute approximate surface area is 147 Å². The molecule has 6 heteroatoms. The fourth-order valence-electron chi connectivity index (χ4n) is 3.28. The summed E-state index contributed by atoms with van der Waals surface area (Å²) in [4.78, 5) is 14.7. The first-order valence-corrected chi connectivity index (χ1v) is 8.95. The molecule has 0 spiro atoms. The van der Waals surface area contributed by atoms with Crippen LogP contribution in [0.1, 0.15) is 36.5 Å². The molecule has 1 unspecified atom stereocenters. The summed E-state index contributed by atoms with van der Waals surface area (Å²) in [6.45, 7) is 4.74. The number of carbonyl (C=O) groups is 1. The van der Waals surface area contributed by atoms with E-state index in [4.69, 9.17) is 16.3 Å². The van der Waals surface area contributed by atoms with Crippen molar-refractivity contribution in [1.29, 1.82) is 0 Å². The van der Waals surface area contributed by atoms with Gasteiger partial charge in [-0.05, 0) is 44.4 Å². The molecule has 5 nitrogen and oxygen atoms in total. The molecule has 0 bridgehead atoms. The van der Waals surface area contributed by atoms with Crippen LogP contribution in [0, 0.1) is 5.41 Å². The first-order valence-electron chi connectivity index (χ1n) is 8.58. The fourth-order valence-corrected chi connectivity index (χ4v) is 3.54. The molecule has 2 fully saturated rings. The second-order valence-corrected chi connectivity index (χ2v) is 7.45. The highest BCUT2D eigenvalue weighted by atomic mass is 35.5. The number of halogens is 1. The van der Waals surface area contributed by atoms with Crippen LogP contribution in [0.5, 0.6) is 0 Å². The minimum Gasteiger partial charge on any atom is -0.396 e. The number of likely N-dealkylation sites (tertiary alicyclic amines) is 1. The highest BCUT2D eigenvalue weighted by molar-refractivity contribution is 6.34. The van der Waals surface area contributed by atoms with Gasteiger partial charge in [-0.1, -0.05) is 11.6 Å². The van der Waals surface area contributed by atoms with E-state index in [0.717, 1.165) is 25.1 Å². The second kappa shape index (κ2) is 7.30. The number of aliphatic hydroxyl groups excluding tert-OH is 1. The van der Waals surface area contributed by atoms with Crippen LogP contribution >= 0.6 is 11.6 Å². The van der Waals surface area contributed by atoms with Crippen molar-refractivity contribution in [2.45, 2.75) is 32.2 Å². The average molecular weight is 353 g/mol. The summed E-state index contributed by atoms with van der Waals surface area (Å²) >= 11 is 6.36. The van der Waals surface area contributed by atoms with Crippen molar-refractivity contribution in [2.24, 2.45) is 5.41 Å². The van der Waals surface area contributed by atoms with Crippen LogP contribution in [0.4, 0.5) is 5.69 Å². The van der Waals surface area contributed by atoms with Crippen molar-refractivity contribution in [3.63, 3.8) is 0 Å². The molecule has 24 heavy (non-hydrogen) atoms. The van der Waals surface area contributed by atoms with Gasteiger partial charge < -0.3 is 20.1 Å². The number of aliphatic hydroxyl groups is 1. The van der Waals surface area contributed by atoms with Crippen LogP contribution in [-0.4, -0.2) is 54.9 Å². The van der Waals surface area contributed by atoms with E-state index < -0.39 is 0 Å². The largest absolute Gasteiger partial charge is 0.396 e. The van der Waals surface area contributed by atoms with Crippen LogP contribution in [-0.2, 0) is 4.74 Å². The predicted molar refractivity (Wildman–Crippen MR) is 94.6 cm³/mol. The Kier molecular flexibility index (Phi) is 5.33. The van der Waals surface area contributed by atoms with Crippen molar-refractivity contribution < 1.29 is 14.6 Å². The lowest BCUT2D eigenvalue weighted by atomic mass is 9.87. The van der Waals surface area contributed by atoms with Crippen LogP contribution in [0.2, 0.25) is 5.02 Å². The minimum atomic E-state index is -0.204.